The zero-order valence-corrected chi connectivity index (χ0v) is 10.2. The molecule has 0 bridgehead atoms. The molecule has 3 rings (SSSR count). The van der Waals surface area contributed by atoms with Crippen molar-refractivity contribution in [3.8, 4) is 0 Å². The van der Waals surface area contributed by atoms with E-state index in [9.17, 15) is 9.18 Å². The highest BCUT2D eigenvalue weighted by Crippen LogP contribution is 2.13. The second-order valence-electron chi connectivity index (χ2n) is 4.45. The zero-order valence-electron chi connectivity index (χ0n) is 10.2. The van der Waals surface area contributed by atoms with Gasteiger partial charge in [0.05, 0.1) is 12.1 Å². The van der Waals surface area contributed by atoms with Gasteiger partial charge in [0.15, 0.2) is 0 Å². The number of fused-ring (bicyclic) bond motifs is 1. The molecule has 0 radical (unpaired) electrons. The lowest BCUT2D eigenvalue weighted by atomic mass is 10.2. The van der Waals surface area contributed by atoms with Crippen LogP contribution in [0.5, 0.6) is 0 Å². The Labute approximate surface area is 109 Å². The van der Waals surface area contributed by atoms with Crippen molar-refractivity contribution in [2.75, 3.05) is 0 Å². The van der Waals surface area contributed by atoms with Crippen molar-refractivity contribution in [2.45, 2.75) is 6.54 Å². The molecule has 0 aliphatic heterocycles. The summed E-state index contributed by atoms with van der Waals surface area (Å²) in [4.78, 5) is 12.0. The average molecular weight is 253 g/mol. The second-order valence-corrected chi connectivity index (χ2v) is 4.45. The van der Waals surface area contributed by atoms with Gasteiger partial charge in [0, 0.05) is 6.07 Å². The Hall–Kier alpha value is -2.42. The van der Waals surface area contributed by atoms with E-state index >= 15 is 0 Å². The van der Waals surface area contributed by atoms with E-state index in [4.69, 9.17) is 0 Å². The number of para-hydroxylation sites is 1. The molecule has 19 heavy (non-hydrogen) atoms. The molecular weight excluding hydrogens is 241 g/mol. The number of hydrogen-bond acceptors (Lipinski definition) is 1. The molecule has 1 aromatic heterocycles. The van der Waals surface area contributed by atoms with Gasteiger partial charge in [-0.25, -0.2) is 4.39 Å². The Morgan fingerprint density at radius 2 is 1.79 bits per heavy atom. The fourth-order valence-corrected chi connectivity index (χ4v) is 2.23. The fraction of sp³-hybridized carbons (Fsp3) is 0.0625. The molecule has 94 valence electrons. The minimum atomic E-state index is -0.286. The van der Waals surface area contributed by atoms with Crippen molar-refractivity contribution in [3.05, 3.63) is 82.4 Å². The highest BCUT2D eigenvalue weighted by Gasteiger charge is 2.04. The van der Waals surface area contributed by atoms with E-state index in [0.29, 0.717) is 6.54 Å². The Balaban J connectivity index is 2.14. The SMILES string of the molecule is O=c1ccc2ccccc2n1Cc1cccc(F)c1. The van der Waals surface area contributed by atoms with Crippen molar-refractivity contribution >= 4 is 10.9 Å². The lowest BCUT2D eigenvalue weighted by molar-refractivity contribution is 0.623. The first-order valence-corrected chi connectivity index (χ1v) is 6.07. The Kier molecular flexibility index (Phi) is 2.88. The molecule has 1 heterocycles. The number of hydrogen-bond donors (Lipinski definition) is 0. The van der Waals surface area contributed by atoms with Crippen LogP contribution in [0.15, 0.2) is 65.5 Å². The monoisotopic (exact) mass is 253 g/mol. The summed E-state index contributed by atoms with van der Waals surface area (Å²) in [6.07, 6.45) is 0. The largest absolute Gasteiger partial charge is 0.304 e. The van der Waals surface area contributed by atoms with Crippen LogP contribution in [-0.2, 0) is 6.54 Å². The second kappa shape index (κ2) is 4.69. The van der Waals surface area contributed by atoms with Crippen LogP contribution in [0.1, 0.15) is 5.56 Å². The molecule has 0 unspecified atom stereocenters. The van der Waals surface area contributed by atoms with Crippen LogP contribution in [0.25, 0.3) is 10.9 Å². The van der Waals surface area contributed by atoms with Crippen LogP contribution < -0.4 is 5.56 Å². The van der Waals surface area contributed by atoms with E-state index in [-0.39, 0.29) is 11.4 Å². The molecule has 0 spiro atoms. The molecule has 0 aliphatic carbocycles. The maximum Gasteiger partial charge on any atom is 0.251 e. The van der Waals surface area contributed by atoms with Crippen molar-refractivity contribution in [3.63, 3.8) is 0 Å². The molecule has 0 saturated heterocycles. The molecule has 0 saturated carbocycles. The first kappa shape index (κ1) is 11.7. The van der Waals surface area contributed by atoms with E-state index in [1.165, 1.54) is 12.1 Å². The van der Waals surface area contributed by atoms with E-state index in [1.54, 1.807) is 22.8 Å². The normalized spacial score (nSPS) is 10.8. The minimum Gasteiger partial charge on any atom is -0.304 e. The van der Waals surface area contributed by atoms with Gasteiger partial charge < -0.3 is 4.57 Å². The summed E-state index contributed by atoms with van der Waals surface area (Å²) >= 11 is 0. The van der Waals surface area contributed by atoms with Gasteiger partial charge in [-0.2, -0.15) is 0 Å². The standard InChI is InChI=1S/C16H12FNO/c17-14-6-3-4-12(10-14)11-18-15-7-2-1-5-13(15)8-9-16(18)19/h1-10H,11H2. The Morgan fingerprint density at radius 1 is 0.947 bits per heavy atom. The van der Waals surface area contributed by atoms with Crippen LogP contribution in [0, 0.1) is 5.82 Å². The molecule has 3 heteroatoms. The number of aromatic nitrogens is 1. The third-order valence-electron chi connectivity index (χ3n) is 3.13. The fourth-order valence-electron chi connectivity index (χ4n) is 2.23. The highest BCUT2D eigenvalue weighted by atomic mass is 19.1. The van der Waals surface area contributed by atoms with E-state index in [1.807, 2.05) is 30.3 Å². The number of benzene rings is 2. The summed E-state index contributed by atoms with van der Waals surface area (Å²) in [7, 11) is 0. The van der Waals surface area contributed by atoms with E-state index in [2.05, 4.69) is 0 Å². The van der Waals surface area contributed by atoms with Crippen LogP contribution in [0.2, 0.25) is 0 Å². The van der Waals surface area contributed by atoms with Gasteiger partial charge >= 0.3 is 0 Å². The quantitative estimate of drug-likeness (QED) is 0.687. The van der Waals surface area contributed by atoms with Gasteiger partial charge in [0.1, 0.15) is 5.82 Å². The van der Waals surface area contributed by atoms with Gasteiger partial charge in [-0.3, -0.25) is 4.79 Å². The van der Waals surface area contributed by atoms with Crippen molar-refractivity contribution in [1.29, 1.82) is 0 Å². The third kappa shape index (κ3) is 2.27. The summed E-state index contributed by atoms with van der Waals surface area (Å²) < 4.78 is 14.9. The molecule has 0 fully saturated rings. The molecule has 3 aromatic rings. The summed E-state index contributed by atoms with van der Waals surface area (Å²) in [5.41, 5.74) is 1.56. The van der Waals surface area contributed by atoms with Gasteiger partial charge in [-0.1, -0.05) is 30.3 Å². The van der Waals surface area contributed by atoms with Crippen LogP contribution in [-0.4, -0.2) is 4.57 Å². The van der Waals surface area contributed by atoms with Crippen LogP contribution >= 0.6 is 0 Å². The molecule has 0 N–H and O–H groups in total. The molecule has 0 amide bonds. The summed E-state index contributed by atoms with van der Waals surface area (Å²) in [6.45, 7) is 0.373. The smallest absolute Gasteiger partial charge is 0.251 e. The number of halogens is 1. The van der Waals surface area contributed by atoms with E-state index in [0.717, 1.165) is 16.5 Å². The molecular formula is C16H12FNO. The van der Waals surface area contributed by atoms with Gasteiger partial charge in [0.2, 0.25) is 0 Å². The summed E-state index contributed by atoms with van der Waals surface area (Å²) in [5, 5.41) is 0.999. The molecule has 0 atom stereocenters. The number of rotatable bonds is 2. The highest BCUT2D eigenvalue weighted by molar-refractivity contribution is 5.78. The topological polar surface area (TPSA) is 22.0 Å². The summed E-state index contributed by atoms with van der Waals surface area (Å²) in [6, 6.07) is 17.3. The number of nitrogens with zero attached hydrogens (tertiary/aromatic N) is 1. The predicted molar refractivity (Wildman–Crippen MR) is 73.7 cm³/mol. The lowest BCUT2D eigenvalue weighted by Gasteiger charge is -2.10. The Morgan fingerprint density at radius 3 is 2.63 bits per heavy atom. The lowest BCUT2D eigenvalue weighted by Crippen LogP contribution is -2.19. The molecule has 2 nitrogen and oxygen atoms in total. The van der Waals surface area contributed by atoms with Gasteiger partial charge in [0.25, 0.3) is 5.56 Å². The van der Waals surface area contributed by atoms with Gasteiger partial charge in [-0.15, -0.1) is 0 Å². The van der Waals surface area contributed by atoms with Crippen molar-refractivity contribution < 1.29 is 4.39 Å². The first-order valence-electron chi connectivity index (χ1n) is 6.07. The number of pyridine rings is 1. The predicted octanol–water partition coefficient (Wildman–Crippen LogP) is 3.19. The van der Waals surface area contributed by atoms with Crippen molar-refractivity contribution in [1.82, 2.24) is 4.57 Å². The minimum absolute atomic E-state index is 0.0806. The first-order chi connectivity index (χ1) is 9.24. The van der Waals surface area contributed by atoms with Crippen LogP contribution in [0.4, 0.5) is 4.39 Å². The zero-order chi connectivity index (χ0) is 13.2. The van der Waals surface area contributed by atoms with Crippen molar-refractivity contribution in [2.24, 2.45) is 0 Å². The summed E-state index contributed by atoms with van der Waals surface area (Å²) in [5.74, 6) is -0.286. The molecule has 2 aromatic carbocycles. The Bertz CT molecular complexity index is 792. The van der Waals surface area contributed by atoms with E-state index < -0.39 is 0 Å². The maximum absolute atomic E-state index is 13.2. The van der Waals surface area contributed by atoms with Crippen LogP contribution in [0.3, 0.4) is 0 Å². The van der Waals surface area contributed by atoms with Gasteiger partial charge in [-0.05, 0) is 35.2 Å². The average Bonchev–Trinajstić information content (AvgIpc) is 2.42. The maximum atomic E-state index is 13.2. The third-order valence-corrected chi connectivity index (χ3v) is 3.13. The molecule has 0 aliphatic rings.